The number of pyridine rings is 1. The molecule has 1 aliphatic heterocycles. The van der Waals surface area contributed by atoms with Gasteiger partial charge in [-0.1, -0.05) is 18.2 Å². The van der Waals surface area contributed by atoms with Crippen LogP contribution >= 0.6 is 0 Å². The number of aliphatic carboxylic acids is 1. The number of ketones is 1. The topological polar surface area (TPSA) is 138 Å². The van der Waals surface area contributed by atoms with E-state index in [0.717, 1.165) is 11.1 Å². The van der Waals surface area contributed by atoms with Crippen molar-refractivity contribution in [2.24, 2.45) is 0 Å². The Balaban J connectivity index is 1.80. The fourth-order valence-electron chi connectivity index (χ4n) is 3.45. The quantitative estimate of drug-likeness (QED) is 0.545. The van der Waals surface area contributed by atoms with Crippen LogP contribution in [0.3, 0.4) is 0 Å². The molecule has 0 radical (unpaired) electrons. The predicted octanol–water partition coefficient (Wildman–Crippen LogP) is 1.89. The standard InChI is InChI=1S/C23H24N4O6/c1-13-12-27(2)22(31)20(21(13)30)26-23(32)25-17(10-19(28)29)15-6-4-5-14(9-15)16-7-8-18(33-3)24-11-16/h4-9,11-12,17,20H,10H2,1-3H3,(H,28,29)(H2,25,26,32). The Bertz CT molecular complexity index is 1110. The molecule has 1 aromatic heterocycles. The number of likely N-dealkylation sites (N-methyl/N-ethyl adjacent to an activating group) is 1. The molecular weight excluding hydrogens is 428 g/mol. The van der Waals surface area contributed by atoms with E-state index in [9.17, 15) is 24.3 Å². The fraction of sp³-hybridized carbons (Fsp3) is 0.261. The van der Waals surface area contributed by atoms with Crippen LogP contribution in [0.4, 0.5) is 4.79 Å². The van der Waals surface area contributed by atoms with E-state index in [4.69, 9.17) is 4.74 Å². The second-order valence-electron chi connectivity index (χ2n) is 7.54. The van der Waals surface area contributed by atoms with Gasteiger partial charge in [-0.05, 0) is 30.2 Å². The summed E-state index contributed by atoms with van der Waals surface area (Å²) < 4.78 is 5.06. The maximum absolute atomic E-state index is 12.6. The molecule has 2 atom stereocenters. The maximum atomic E-state index is 12.6. The van der Waals surface area contributed by atoms with Crippen molar-refractivity contribution >= 4 is 23.7 Å². The van der Waals surface area contributed by atoms with Crippen LogP contribution in [0.5, 0.6) is 5.88 Å². The third kappa shape index (κ3) is 5.53. The molecule has 0 saturated carbocycles. The number of carboxylic acid groups (broad SMARTS) is 1. The molecule has 0 spiro atoms. The number of Topliss-reactive ketones (excluding diaryl/α,β-unsaturated/α-hetero) is 1. The van der Waals surface area contributed by atoms with Gasteiger partial charge in [0, 0.05) is 36.6 Å². The Morgan fingerprint density at radius 2 is 1.97 bits per heavy atom. The average molecular weight is 452 g/mol. The van der Waals surface area contributed by atoms with Crippen LogP contribution < -0.4 is 15.4 Å². The van der Waals surface area contributed by atoms with Crippen molar-refractivity contribution in [3.05, 3.63) is 59.9 Å². The Morgan fingerprint density at radius 1 is 1.21 bits per heavy atom. The highest BCUT2D eigenvalue weighted by molar-refractivity contribution is 6.16. The average Bonchev–Trinajstić information content (AvgIpc) is 2.80. The number of hydrogen-bond acceptors (Lipinski definition) is 6. The summed E-state index contributed by atoms with van der Waals surface area (Å²) in [4.78, 5) is 54.1. The molecule has 10 heteroatoms. The van der Waals surface area contributed by atoms with E-state index in [1.807, 2.05) is 12.1 Å². The van der Waals surface area contributed by atoms with Gasteiger partial charge in [0.15, 0.2) is 11.8 Å². The van der Waals surface area contributed by atoms with E-state index in [2.05, 4.69) is 15.6 Å². The number of urea groups is 1. The molecule has 0 bridgehead atoms. The minimum Gasteiger partial charge on any atom is -0.481 e. The van der Waals surface area contributed by atoms with Crippen molar-refractivity contribution in [2.75, 3.05) is 14.2 Å². The first-order chi connectivity index (χ1) is 15.7. The number of benzene rings is 1. The highest BCUT2D eigenvalue weighted by Gasteiger charge is 2.35. The summed E-state index contributed by atoms with van der Waals surface area (Å²) in [6.07, 6.45) is 2.62. The zero-order chi connectivity index (χ0) is 24.1. The van der Waals surface area contributed by atoms with Gasteiger partial charge in [-0.15, -0.1) is 0 Å². The van der Waals surface area contributed by atoms with Gasteiger partial charge in [-0.3, -0.25) is 14.4 Å². The predicted molar refractivity (Wildman–Crippen MR) is 118 cm³/mol. The van der Waals surface area contributed by atoms with E-state index < -0.39 is 42.2 Å². The van der Waals surface area contributed by atoms with Gasteiger partial charge in [0.05, 0.1) is 19.6 Å². The minimum absolute atomic E-state index is 0.324. The molecule has 10 nitrogen and oxygen atoms in total. The number of nitrogens with one attached hydrogen (secondary N) is 2. The summed E-state index contributed by atoms with van der Waals surface area (Å²) in [5.41, 5.74) is 2.40. The van der Waals surface area contributed by atoms with Crippen LogP contribution in [0, 0.1) is 0 Å². The summed E-state index contributed by atoms with van der Waals surface area (Å²) in [5.74, 6) is -1.76. The first-order valence-corrected chi connectivity index (χ1v) is 10.1. The fourth-order valence-corrected chi connectivity index (χ4v) is 3.45. The summed E-state index contributed by atoms with van der Waals surface area (Å²) in [6, 6.07) is 7.40. The first kappa shape index (κ1) is 23.5. The van der Waals surface area contributed by atoms with Crippen molar-refractivity contribution in [3.63, 3.8) is 0 Å². The number of carbonyl (C=O) groups excluding carboxylic acids is 3. The molecule has 172 valence electrons. The van der Waals surface area contributed by atoms with Gasteiger partial charge in [-0.2, -0.15) is 0 Å². The third-order valence-corrected chi connectivity index (χ3v) is 5.16. The number of amides is 3. The Labute approximate surface area is 190 Å². The summed E-state index contributed by atoms with van der Waals surface area (Å²) >= 11 is 0. The molecular formula is C23H24N4O6. The first-order valence-electron chi connectivity index (χ1n) is 10.1. The van der Waals surface area contributed by atoms with E-state index in [1.54, 1.807) is 37.4 Å². The van der Waals surface area contributed by atoms with Gasteiger partial charge in [0.25, 0.3) is 5.91 Å². The van der Waals surface area contributed by atoms with Crippen LogP contribution in [0.15, 0.2) is 54.4 Å². The maximum Gasteiger partial charge on any atom is 0.316 e. The lowest BCUT2D eigenvalue weighted by molar-refractivity contribution is -0.138. The number of methoxy groups -OCH3 is 1. The molecule has 3 amide bonds. The third-order valence-electron chi connectivity index (χ3n) is 5.16. The molecule has 3 rings (SSSR count). The molecule has 2 unspecified atom stereocenters. The Kier molecular flexibility index (Phi) is 7.07. The van der Waals surface area contributed by atoms with Crippen molar-refractivity contribution < 1.29 is 29.0 Å². The smallest absolute Gasteiger partial charge is 0.316 e. The SMILES string of the molecule is COc1ccc(-c2cccc(C(CC(=O)O)NC(=O)NC3C(=O)C(C)=CN(C)C3=O)c2)cn1. The number of hydrogen-bond donors (Lipinski definition) is 3. The second-order valence-corrected chi connectivity index (χ2v) is 7.54. The van der Waals surface area contributed by atoms with Crippen LogP contribution in [0.2, 0.25) is 0 Å². The highest BCUT2D eigenvalue weighted by Crippen LogP contribution is 2.25. The van der Waals surface area contributed by atoms with Crippen molar-refractivity contribution in [1.29, 1.82) is 0 Å². The molecule has 2 aromatic rings. The molecule has 0 fully saturated rings. The van der Waals surface area contributed by atoms with Gasteiger partial charge >= 0.3 is 12.0 Å². The van der Waals surface area contributed by atoms with E-state index in [-0.39, 0.29) is 0 Å². The number of ether oxygens (including phenoxy) is 1. The molecule has 1 aliphatic rings. The second kappa shape index (κ2) is 9.94. The zero-order valence-electron chi connectivity index (χ0n) is 18.4. The molecule has 33 heavy (non-hydrogen) atoms. The number of carbonyl (C=O) groups is 4. The number of nitrogens with zero attached hydrogens (tertiary/aromatic N) is 2. The Hall–Kier alpha value is -4.21. The molecule has 3 N–H and O–H groups in total. The van der Waals surface area contributed by atoms with Crippen molar-refractivity contribution in [3.8, 4) is 17.0 Å². The zero-order valence-corrected chi connectivity index (χ0v) is 18.4. The molecule has 0 saturated heterocycles. The monoisotopic (exact) mass is 452 g/mol. The van der Waals surface area contributed by atoms with E-state index in [0.29, 0.717) is 17.0 Å². The highest BCUT2D eigenvalue weighted by atomic mass is 16.5. The van der Waals surface area contributed by atoms with Gasteiger partial charge in [-0.25, -0.2) is 9.78 Å². The largest absolute Gasteiger partial charge is 0.481 e. The molecule has 1 aromatic carbocycles. The van der Waals surface area contributed by atoms with E-state index >= 15 is 0 Å². The van der Waals surface area contributed by atoms with E-state index in [1.165, 1.54) is 25.3 Å². The summed E-state index contributed by atoms with van der Waals surface area (Å²) in [7, 11) is 3.00. The van der Waals surface area contributed by atoms with Crippen molar-refractivity contribution in [2.45, 2.75) is 25.4 Å². The van der Waals surface area contributed by atoms with Crippen LogP contribution in [-0.4, -0.2) is 58.9 Å². The number of rotatable bonds is 7. The van der Waals surface area contributed by atoms with Crippen molar-refractivity contribution in [1.82, 2.24) is 20.5 Å². The lowest BCUT2D eigenvalue weighted by Gasteiger charge is -2.27. The molecule has 0 aliphatic carbocycles. The lowest BCUT2D eigenvalue weighted by Crippen LogP contribution is -2.56. The lowest BCUT2D eigenvalue weighted by atomic mass is 9.98. The normalized spacial score (nSPS) is 16.6. The Morgan fingerprint density at radius 3 is 2.61 bits per heavy atom. The van der Waals surface area contributed by atoms with Gasteiger partial charge in [0.1, 0.15) is 0 Å². The summed E-state index contributed by atoms with van der Waals surface area (Å²) in [5, 5.41) is 14.3. The van der Waals surface area contributed by atoms with Gasteiger partial charge < -0.3 is 25.4 Å². The van der Waals surface area contributed by atoms with Crippen LogP contribution in [0.1, 0.15) is 24.9 Å². The number of carboxylic acids is 1. The minimum atomic E-state index is -1.37. The van der Waals surface area contributed by atoms with Gasteiger partial charge in [0.2, 0.25) is 5.88 Å². The summed E-state index contributed by atoms with van der Waals surface area (Å²) in [6.45, 7) is 1.55. The number of aromatic nitrogens is 1. The molecule has 2 heterocycles. The van der Waals surface area contributed by atoms with Crippen LogP contribution in [-0.2, 0) is 14.4 Å². The van der Waals surface area contributed by atoms with Crippen LogP contribution in [0.25, 0.3) is 11.1 Å².